The number of aromatic nitrogens is 1. The van der Waals surface area contributed by atoms with Crippen LogP contribution in [0.4, 0.5) is 43.9 Å². The minimum Gasteiger partial charge on any atom is -0.520 e. The molecule has 2 aliphatic rings. The van der Waals surface area contributed by atoms with Crippen molar-refractivity contribution in [2.75, 3.05) is 0 Å². The maximum absolute atomic E-state index is 14.5. The Kier molecular flexibility index (Phi) is 14.4. The van der Waals surface area contributed by atoms with E-state index in [1.807, 2.05) is 64.2 Å². The van der Waals surface area contributed by atoms with Crippen LogP contribution in [0, 0.1) is 130 Å². The van der Waals surface area contributed by atoms with E-state index in [9.17, 15) is 43.9 Å². The molecule has 0 amide bonds. The number of hydrogen-bond acceptors (Lipinski definition) is 0. The fourth-order valence-corrected chi connectivity index (χ4v) is 4.01. The fraction of sp³-hybridized carbons (Fsp3) is 0.0357. The SMILES string of the molecule is C[B-](c1c(F)c(F)c(F)c(F)c1F)(c1c(F)c(F)c(F)c(F)c1F)n1cccc1.[CH3-].[CH]1[CH][CH][CH][CH]1.[CH]1[CH][CH][CH][CH]1.[Zr+4]. The summed E-state index contributed by atoms with van der Waals surface area (Å²) < 4.78 is 140. The summed E-state index contributed by atoms with van der Waals surface area (Å²) in [6.45, 7) is 0.608. The van der Waals surface area contributed by atoms with Gasteiger partial charge >= 0.3 is 26.2 Å². The van der Waals surface area contributed by atoms with E-state index in [4.69, 9.17) is 0 Å². The van der Waals surface area contributed by atoms with Crippen LogP contribution in [0.5, 0.6) is 0 Å². The second kappa shape index (κ2) is 16.0. The number of nitrogens with zero attached hydrogens (tertiary/aromatic N) is 1. The summed E-state index contributed by atoms with van der Waals surface area (Å²) in [5.41, 5.74) is -3.50. The number of hydrogen-bond donors (Lipinski definition) is 0. The number of halogens is 10. The monoisotopic (exact) mass is 661 g/mol. The molecule has 0 N–H and O–H groups in total. The molecule has 5 rings (SSSR count). The van der Waals surface area contributed by atoms with Gasteiger partial charge in [0, 0.05) is 0 Å². The van der Waals surface area contributed by atoms with Gasteiger partial charge in [-0.3, -0.25) is 0 Å². The van der Waals surface area contributed by atoms with Gasteiger partial charge in [-0.15, -0.1) is 10.9 Å². The Balaban J connectivity index is 0.000000587. The molecule has 0 saturated heterocycles. The molecule has 2 fully saturated rings. The molecule has 0 unspecified atom stereocenters. The third-order valence-electron chi connectivity index (χ3n) is 5.95. The molecular formula is C28H20BF10NZr+2. The van der Waals surface area contributed by atoms with E-state index < -0.39 is 75.4 Å². The Morgan fingerprint density at radius 2 is 0.610 bits per heavy atom. The first-order chi connectivity index (χ1) is 18.5. The van der Waals surface area contributed by atoms with E-state index in [2.05, 4.69) is 0 Å². The Labute approximate surface area is 252 Å². The molecule has 0 spiro atoms. The molecule has 1 heterocycles. The van der Waals surface area contributed by atoms with Gasteiger partial charge in [0.1, 0.15) is 23.3 Å². The third-order valence-corrected chi connectivity index (χ3v) is 5.95. The van der Waals surface area contributed by atoms with Gasteiger partial charge in [0.25, 0.3) is 0 Å². The molecule has 1 aromatic heterocycles. The maximum atomic E-state index is 14.5. The Morgan fingerprint density at radius 1 is 0.415 bits per heavy atom. The smallest absolute Gasteiger partial charge is 0.520 e. The number of benzene rings is 2. The molecule has 41 heavy (non-hydrogen) atoms. The summed E-state index contributed by atoms with van der Waals surface area (Å²) in [7, 11) is 0. The van der Waals surface area contributed by atoms with E-state index in [-0.39, 0.29) is 33.6 Å². The van der Waals surface area contributed by atoms with Gasteiger partial charge in [0.2, 0.25) is 0 Å². The van der Waals surface area contributed by atoms with Crippen LogP contribution in [0.25, 0.3) is 0 Å². The average molecular weight is 662 g/mol. The zero-order valence-electron chi connectivity index (χ0n) is 21.4. The standard InChI is InChI=1S/C17H7BF10N.2C5H5.CH3.Zr/c1-18(29-4-2-3-5-29,6-8(19)12(23)16(27)13(24)9(6)20)7-10(21)14(25)17(28)15(26)11(7)22;2*1-2-4-5-3-1;;/h2-5H,1H3;2*1-5H;1H3;/q-1;;;-1;+4. The van der Waals surface area contributed by atoms with Crippen LogP contribution < -0.4 is 10.9 Å². The first-order valence-corrected chi connectivity index (χ1v) is 11.2. The van der Waals surface area contributed by atoms with Crippen molar-refractivity contribution in [2.24, 2.45) is 0 Å². The summed E-state index contributed by atoms with van der Waals surface area (Å²) in [4.78, 5) is 0. The van der Waals surface area contributed by atoms with Crippen molar-refractivity contribution in [1.29, 1.82) is 0 Å². The molecule has 13 heteroatoms. The zero-order valence-corrected chi connectivity index (χ0v) is 23.8. The van der Waals surface area contributed by atoms with Crippen molar-refractivity contribution in [3.05, 3.63) is 154 Å². The Hall–Kier alpha value is -2.03. The van der Waals surface area contributed by atoms with Crippen LogP contribution in [-0.2, 0) is 26.2 Å². The fourth-order valence-electron chi connectivity index (χ4n) is 4.01. The van der Waals surface area contributed by atoms with Gasteiger partial charge in [-0.2, -0.15) is 6.82 Å². The van der Waals surface area contributed by atoms with Crippen molar-refractivity contribution in [3.63, 3.8) is 0 Å². The van der Waals surface area contributed by atoms with E-state index in [0.717, 1.165) is 24.5 Å². The molecule has 1 nitrogen and oxygen atoms in total. The summed E-state index contributed by atoms with van der Waals surface area (Å²) in [6.07, 6.45) is 17.9. The summed E-state index contributed by atoms with van der Waals surface area (Å²) >= 11 is 0. The van der Waals surface area contributed by atoms with Gasteiger partial charge in [-0.1, -0.05) is 0 Å². The normalized spacial score (nSPS) is 14.3. The van der Waals surface area contributed by atoms with Crippen molar-refractivity contribution in [1.82, 2.24) is 4.48 Å². The third kappa shape index (κ3) is 7.49. The van der Waals surface area contributed by atoms with Crippen LogP contribution in [0.15, 0.2) is 24.5 Å². The minimum absolute atomic E-state index is 0. The topological polar surface area (TPSA) is 4.93 Å². The summed E-state index contributed by atoms with van der Waals surface area (Å²) in [6, 6.07) is 2.30. The van der Waals surface area contributed by atoms with Gasteiger partial charge in [-0.05, 0) is 88.7 Å². The van der Waals surface area contributed by atoms with Crippen LogP contribution in [0.2, 0.25) is 6.82 Å². The average Bonchev–Trinajstić information content (AvgIpc) is 3.74. The van der Waals surface area contributed by atoms with E-state index >= 15 is 0 Å². The summed E-state index contributed by atoms with van der Waals surface area (Å²) in [5.74, 6) is -24.7. The van der Waals surface area contributed by atoms with Gasteiger partial charge in [-0.25, -0.2) is 43.9 Å². The Morgan fingerprint density at radius 3 is 0.829 bits per heavy atom. The van der Waals surface area contributed by atoms with Crippen LogP contribution in [0.1, 0.15) is 0 Å². The van der Waals surface area contributed by atoms with Crippen LogP contribution in [0.3, 0.4) is 0 Å². The maximum Gasteiger partial charge on any atom is 4.00 e. The first kappa shape index (κ1) is 37.0. The molecular weight excluding hydrogens is 642 g/mol. The molecule has 3 aromatic rings. The van der Waals surface area contributed by atoms with Crippen molar-refractivity contribution < 1.29 is 70.1 Å². The van der Waals surface area contributed by atoms with E-state index in [1.165, 1.54) is 0 Å². The molecule has 2 saturated carbocycles. The molecule has 0 bridgehead atoms. The molecule has 0 aliphatic heterocycles. The quantitative estimate of drug-likeness (QED) is 0.0980. The van der Waals surface area contributed by atoms with Gasteiger partial charge < -0.3 is 11.9 Å². The molecule has 10 radical (unpaired) electrons. The van der Waals surface area contributed by atoms with Gasteiger partial charge in [0.15, 0.2) is 41.2 Å². The predicted molar refractivity (Wildman–Crippen MR) is 133 cm³/mol. The zero-order chi connectivity index (χ0) is 28.9. The largest absolute Gasteiger partial charge is 4.00 e. The van der Waals surface area contributed by atoms with Crippen LogP contribution >= 0.6 is 0 Å². The molecule has 0 atom stereocenters. The Bertz CT molecular complexity index is 1140. The minimum atomic E-state index is -3.96. The second-order valence-corrected chi connectivity index (χ2v) is 8.26. The van der Waals surface area contributed by atoms with Crippen molar-refractivity contribution in [2.45, 2.75) is 6.82 Å². The molecule has 2 aliphatic carbocycles. The van der Waals surface area contributed by atoms with E-state index in [0.29, 0.717) is 11.3 Å². The predicted octanol–water partition coefficient (Wildman–Crippen LogP) is 6.61. The van der Waals surface area contributed by atoms with E-state index in [1.54, 1.807) is 0 Å². The number of rotatable bonds is 3. The summed E-state index contributed by atoms with van der Waals surface area (Å²) in [5, 5.41) is 0. The van der Waals surface area contributed by atoms with Crippen LogP contribution in [-0.4, -0.2) is 10.8 Å². The molecule has 2 aromatic carbocycles. The van der Waals surface area contributed by atoms with Crippen molar-refractivity contribution in [3.8, 4) is 0 Å². The van der Waals surface area contributed by atoms with Gasteiger partial charge in [0.05, 0.1) is 0 Å². The van der Waals surface area contributed by atoms with Crippen molar-refractivity contribution >= 4 is 17.2 Å². The second-order valence-electron chi connectivity index (χ2n) is 8.26. The molecule has 212 valence electrons. The first-order valence-electron chi connectivity index (χ1n) is 11.2.